The molecule has 1 aromatic carbocycles. The Kier molecular flexibility index (Phi) is 18.5. The fraction of sp³-hybridized carbons (Fsp3) is 0.765. The number of benzene rings is 1. The molecule has 0 aliphatic heterocycles. The Morgan fingerprint density at radius 3 is 1.63 bits per heavy atom. The molecule has 238 valence electrons. The van der Waals surface area contributed by atoms with Crippen molar-refractivity contribution < 1.29 is 15.3 Å². The second-order valence-electron chi connectivity index (χ2n) is 13.0. The normalized spacial score (nSPS) is 27.8. The second kappa shape index (κ2) is 20.3. The van der Waals surface area contributed by atoms with Gasteiger partial charge in [0.05, 0.1) is 23.5 Å². The molecule has 0 N–H and O–H groups in total. The predicted octanol–water partition coefficient (Wildman–Crippen LogP) is 11.4. The van der Waals surface area contributed by atoms with Gasteiger partial charge in [0.25, 0.3) is 0 Å². The van der Waals surface area contributed by atoms with E-state index in [1.807, 2.05) is 0 Å². The summed E-state index contributed by atoms with van der Waals surface area (Å²) in [6.45, 7) is 17.2. The van der Waals surface area contributed by atoms with Crippen LogP contribution >= 0.6 is 28.5 Å². The Hall–Kier alpha value is 0.190. The molecule has 0 saturated heterocycles. The second-order valence-corrected chi connectivity index (χ2v) is 22.5. The first-order valence-electron chi connectivity index (χ1n) is 16.4. The topological polar surface area (TPSA) is 34.0 Å². The molecular formula is C34H58Br2N2NiOSi. The molecule has 2 aliphatic rings. The first-order valence-corrected chi connectivity index (χ1v) is 24.7. The van der Waals surface area contributed by atoms with Gasteiger partial charge in [-0.05, 0) is 81.8 Å². The molecule has 0 radical (unpaired) electrons. The molecule has 3 nitrogen and oxygen atoms in total. The van der Waals surface area contributed by atoms with Crippen molar-refractivity contribution in [2.45, 2.75) is 136 Å². The van der Waals surface area contributed by atoms with Gasteiger partial charge in [-0.3, -0.25) is 9.98 Å². The zero-order valence-electron chi connectivity index (χ0n) is 26.9. The van der Waals surface area contributed by atoms with Crippen molar-refractivity contribution >= 4 is 48.2 Å². The fourth-order valence-corrected chi connectivity index (χ4v) is 7.80. The summed E-state index contributed by atoms with van der Waals surface area (Å²) in [7, 11) is -0.280. The van der Waals surface area contributed by atoms with Crippen LogP contribution in [0.1, 0.15) is 110 Å². The average molecular weight is 757 g/mol. The molecule has 4 unspecified atom stereocenters. The standard InChI is InChI=1S/C34H58N2OSi.2BrH.Ni/c1-8-26-20-15-21-27(9-2)32(26)35-31(24-17-25-37-38(5,6)7)34(30-18-13-12-14-19-30)36-33-28(10-3)22-16-23-29(33)11-4;;;/h12-14,18-19,26-29,32-33H,8-11,15-17,20-25H2,1-7H3;2*1H;/q;;;+2/p-2. The summed E-state index contributed by atoms with van der Waals surface area (Å²) in [6, 6.07) is 11.9. The summed E-state index contributed by atoms with van der Waals surface area (Å²) in [5.41, 5.74) is 3.71. The van der Waals surface area contributed by atoms with E-state index in [4.69, 9.17) is 14.4 Å². The quantitative estimate of drug-likeness (QED) is 0.112. The number of rotatable bonds is 13. The molecule has 0 aromatic heterocycles. The van der Waals surface area contributed by atoms with Gasteiger partial charge < -0.3 is 4.43 Å². The number of hydrogen-bond donors (Lipinski definition) is 0. The Balaban J connectivity index is 0.00000187. The van der Waals surface area contributed by atoms with E-state index in [9.17, 15) is 0 Å². The summed E-state index contributed by atoms with van der Waals surface area (Å²) in [5, 5.41) is 0. The molecule has 2 saturated carbocycles. The van der Waals surface area contributed by atoms with Crippen LogP contribution in [-0.4, -0.2) is 38.4 Å². The molecule has 0 spiro atoms. The van der Waals surface area contributed by atoms with Crippen molar-refractivity contribution in [3.05, 3.63) is 35.9 Å². The number of aliphatic imine (C=N–C) groups is 2. The van der Waals surface area contributed by atoms with Crippen LogP contribution in [0.25, 0.3) is 0 Å². The number of nitrogens with zero attached hydrogens (tertiary/aromatic N) is 2. The Morgan fingerprint density at radius 2 is 1.22 bits per heavy atom. The molecule has 41 heavy (non-hydrogen) atoms. The van der Waals surface area contributed by atoms with Crippen LogP contribution in [0.2, 0.25) is 19.6 Å². The maximum atomic E-state index is 6.30. The van der Waals surface area contributed by atoms with Gasteiger partial charge in [-0.25, -0.2) is 0 Å². The van der Waals surface area contributed by atoms with Crippen LogP contribution in [0.3, 0.4) is 0 Å². The first kappa shape index (κ1) is 37.4. The molecule has 4 atom stereocenters. The average Bonchev–Trinajstić information content (AvgIpc) is 2.97. The van der Waals surface area contributed by atoms with E-state index in [-0.39, 0.29) is 0 Å². The summed E-state index contributed by atoms with van der Waals surface area (Å²) in [5.74, 6) is 2.76. The molecular weight excluding hydrogens is 699 g/mol. The van der Waals surface area contributed by atoms with Gasteiger partial charge in [-0.15, -0.1) is 0 Å². The molecule has 2 aliphatic carbocycles. The van der Waals surface area contributed by atoms with E-state index >= 15 is 0 Å². The van der Waals surface area contributed by atoms with E-state index < -0.39 is 8.32 Å². The van der Waals surface area contributed by atoms with Crippen molar-refractivity contribution in [1.29, 1.82) is 0 Å². The van der Waals surface area contributed by atoms with Gasteiger partial charge in [-0.1, -0.05) is 96.6 Å². The van der Waals surface area contributed by atoms with Crippen LogP contribution in [0, 0.1) is 23.7 Å². The summed E-state index contributed by atoms with van der Waals surface area (Å²) in [4.78, 5) is 11.5. The van der Waals surface area contributed by atoms with Gasteiger partial charge in [0, 0.05) is 12.2 Å². The van der Waals surface area contributed by atoms with Gasteiger partial charge in [-0.2, -0.15) is 0 Å². The number of hydrogen-bond acceptors (Lipinski definition) is 3. The van der Waals surface area contributed by atoms with E-state index in [1.54, 1.807) is 0 Å². The van der Waals surface area contributed by atoms with E-state index in [1.165, 1.54) is 92.1 Å². The minimum atomic E-state index is -1.53. The SMILES string of the molecule is CCC1CCCC(CC)C1N=C(CCCO[Si](C)(C)C)C(=NC1C(CC)CCCC1CC)c1ccccc1.[Br][Ni][Br]. The van der Waals surface area contributed by atoms with Crippen LogP contribution in [0.5, 0.6) is 0 Å². The molecule has 1 aromatic rings. The first-order chi connectivity index (χ1) is 19.7. The van der Waals surface area contributed by atoms with Crippen LogP contribution < -0.4 is 0 Å². The van der Waals surface area contributed by atoms with Crippen molar-refractivity contribution in [3.8, 4) is 0 Å². The number of halogens is 2. The minimum absolute atomic E-state index is 0.410. The van der Waals surface area contributed by atoms with E-state index in [2.05, 4.69) is 106 Å². The van der Waals surface area contributed by atoms with Crippen LogP contribution in [0.15, 0.2) is 40.3 Å². The van der Waals surface area contributed by atoms with E-state index in [0.717, 1.165) is 19.4 Å². The van der Waals surface area contributed by atoms with Gasteiger partial charge in [0.15, 0.2) is 8.32 Å². The predicted molar refractivity (Wildman–Crippen MR) is 187 cm³/mol. The Bertz CT molecular complexity index is 884. The Labute approximate surface area is 274 Å². The van der Waals surface area contributed by atoms with Crippen molar-refractivity contribution in [2.24, 2.45) is 33.7 Å². The Morgan fingerprint density at radius 1 is 0.780 bits per heavy atom. The van der Waals surface area contributed by atoms with Crippen molar-refractivity contribution in [1.82, 2.24) is 0 Å². The van der Waals surface area contributed by atoms with Crippen molar-refractivity contribution in [2.75, 3.05) is 6.61 Å². The third-order valence-electron chi connectivity index (χ3n) is 9.33. The maximum absolute atomic E-state index is 6.30. The summed E-state index contributed by atoms with van der Waals surface area (Å²) < 4.78 is 6.30. The molecule has 0 amide bonds. The molecule has 0 bridgehead atoms. The zero-order valence-corrected chi connectivity index (χ0v) is 32.1. The van der Waals surface area contributed by atoms with Gasteiger partial charge in [0.1, 0.15) is 0 Å². The molecule has 3 rings (SSSR count). The van der Waals surface area contributed by atoms with Gasteiger partial charge in [0.2, 0.25) is 0 Å². The monoisotopic (exact) mass is 754 g/mol. The van der Waals surface area contributed by atoms with Crippen molar-refractivity contribution in [3.63, 3.8) is 0 Å². The van der Waals surface area contributed by atoms with Crippen LogP contribution in [0.4, 0.5) is 0 Å². The van der Waals surface area contributed by atoms with Gasteiger partial charge >= 0.3 is 39.3 Å². The third kappa shape index (κ3) is 12.6. The van der Waals surface area contributed by atoms with Crippen LogP contribution in [-0.2, 0) is 15.3 Å². The molecule has 7 heteroatoms. The molecule has 2 fully saturated rings. The third-order valence-corrected chi connectivity index (χ3v) is 10.4. The summed E-state index contributed by atoms with van der Waals surface area (Å²) >= 11 is 6.00. The fourth-order valence-electron chi connectivity index (χ4n) is 7.04. The molecule has 0 heterocycles. The van der Waals surface area contributed by atoms with E-state index in [0.29, 0.717) is 35.8 Å². The summed E-state index contributed by atoms with van der Waals surface area (Å²) in [6.07, 6.45) is 14.9. The zero-order chi connectivity index (χ0) is 30.3.